The molecule has 4 rings (SSSR count). The minimum atomic E-state index is -0.130. The number of furan rings is 1. The summed E-state index contributed by atoms with van der Waals surface area (Å²) in [7, 11) is 1.62. The molecule has 4 aromatic rings. The third-order valence-electron chi connectivity index (χ3n) is 5.26. The van der Waals surface area contributed by atoms with Crippen molar-refractivity contribution in [3.63, 3.8) is 0 Å². The average molecular weight is 494 g/mol. The van der Waals surface area contributed by atoms with Gasteiger partial charge < -0.3 is 19.0 Å². The van der Waals surface area contributed by atoms with Crippen LogP contribution in [0.5, 0.6) is 5.75 Å². The fraction of sp³-hybridized carbons (Fsp3) is 0.200. The van der Waals surface area contributed by atoms with Gasteiger partial charge >= 0.3 is 0 Å². The summed E-state index contributed by atoms with van der Waals surface area (Å²) >= 11 is 3.53. The molecule has 0 saturated heterocycles. The Kier molecular flexibility index (Phi) is 6.75. The number of carbonyl (C=O) groups excluding carboxylic acids is 1. The molecule has 2 aromatic heterocycles. The van der Waals surface area contributed by atoms with Gasteiger partial charge in [-0.3, -0.25) is 4.79 Å². The predicted octanol–water partition coefficient (Wildman–Crippen LogP) is 5.68. The molecule has 7 heteroatoms. The van der Waals surface area contributed by atoms with Crippen LogP contribution in [0, 0.1) is 0 Å². The lowest BCUT2D eigenvalue weighted by Gasteiger charge is -2.10. The van der Waals surface area contributed by atoms with Crippen LogP contribution >= 0.6 is 15.9 Å². The van der Waals surface area contributed by atoms with Crippen molar-refractivity contribution in [1.29, 1.82) is 0 Å². The molecule has 0 spiro atoms. The van der Waals surface area contributed by atoms with Crippen LogP contribution < -0.4 is 10.1 Å². The molecule has 32 heavy (non-hydrogen) atoms. The van der Waals surface area contributed by atoms with Gasteiger partial charge in [0.2, 0.25) is 5.91 Å². The second-order valence-electron chi connectivity index (χ2n) is 7.48. The minimum absolute atomic E-state index is 0.130. The number of allylic oxidation sites excluding steroid dienone is 1. The Morgan fingerprint density at radius 2 is 2.19 bits per heavy atom. The number of carbonyl (C=O) groups is 1. The van der Waals surface area contributed by atoms with E-state index in [1.165, 1.54) is 0 Å². The van der Waals surface area contributed by atoms with Crippen LogP contribution in [0.15, 0.2) is 76.3 Å². The Labute approximate surface area is 195 Å². The molecule has 0 aliphatic rings. The first kappa shape index (κ1) is 21.9. The number of hydrogen-bond donors (Lipinski definition) is 1. The summed E-state index contributed by atoms with van der Waals surface area (Å²) in [4.78, 5) is 16.5. The number of imidazole rings is 1. The molecule has 6 nitrogen and oxygen atoms in total. The number of hydrogen-bond acceptors (Lipinski definition) is 4. The zero-order chi connectivity index (χ0) is 22.5. The monoisotopic (exact) mass is 493 g/mol. The molecule has 2 heterocycles. The molecule has 1 amide bonds. The highest BCUT2D eigenvalue weighted by molar-refractivity contribution is 9.10. The molecule has 0 aliphatic carbocycles. The number of aromatic nitrogens is 2. The molecule has 164 valence electrons. The summed E-state index contributed by atoms with van der Waals surface area (Å²) in [5, 5.41) is 3.91. The zero-order valence-electron chi connectivity index (χ0n) is 18.0. The van der Waals surface area contributed by atoms with Gasteiger partial charge in [0.1, 0.15) is 11.3 Å². The number of methoxy groups -OCH3 is 1. The number of halogens is 1. The molecular formula is C25H24BrN3O3. The summed E-state index contributed by atoms with van der Waals surface area (Å²) in [5.41, 5.74) is 4.44. The first-order valence-corrected chi connectivity index (χ1v) is 11.1. The Morgan fingerprint density at radius 1 is 1.31 bits per heavy atom. The SMILES string of the molecule is COc1cc2occ(-c3cccc(Br)c3)c2cc1/C(C)=C/C(=O)NCCCn1ccnc1. The summed E-state index contributed by atoms with van der Waals surface area (Å²) in [5.74, 6) is 0.531. The Bertz CT molecular complexity index is 1260. The van der Waals surface area contributed by atoms with Crippen LogP contribution in [-0.4, -0.2) is 29.1 Å². The summed E-state index contributed by atoms with van der Waals surface area (Å²) < 4.78 is 14.4. The fourth-order valence-corrected chi connectivity index (χ4v) is 4.03. The minimum Gasteiger partial charge on any atom is -0.496 e. The number of ether oxygens (including phenoxy) is 1. The van der Waals surface area contributed by atoms with Crippen molar-refractivity contribution < 1.29 is 13.9 Å². The maximum Gasteiger partial charge on any atom is 0.244 e. The molecule has 0 unspecified atom stereocenters. The number of benzene rings is 2. The second kappa shape index (κ2) is 9.87. The van der Waals surface area contributed by atoms with Crippen LogP contribution in [-0.2, 0) is 11.3 Å². The molecule has 0 bridgehead atoms. The Balaban J connectivity index is 1.54. The molecule has 2 aromatic carbocycles. The van der Waals surface area contributed by atoms with Crippen LogP contribution in [0.4, 0.5) is 0 Å². The highest BCUT2D eigenvalue weighted by atomic mass is 79.9. The largest absolute Gasteiger partial charge is 0.496 e. The lowest BCUT2D eigenvalue weighted by atomic mass is 9.99. The van der Waals surface area contributed by atoms with E-state index in [2.05, 4.69) is 26.2 Å². The van der Waals surface area contributed by atoms with Crippen molar-refractivity contribution in [2.24, 2.45) is 0 Å². The molecule has 0 aliphatic heterocycles. The van der Waals surface area contributed by atoms with Gasteiger partial charge in [0.25, 0.3) is 0 Å². The van der Waals surface area contributed by atoms with Gasteiger partial charge in [-0.2, -0.15) is 0 Å². The fourth-order valence-electron chi connectivity index (χ4n) is 3.63. The van der Waals surface area contributed by atoms with Gasteiger partial charge in [-0.15, -0.1) is 0 Å². The first-order chi connectivity index (χ1) is 15.5. The zero-order valence-corrected chi connectivity index (χ0v) is 19.6. The molecular weight excluding hydrogens is 470 g/mol. The third-order valence-corrected chi connectivity index (χ3v) is 5.75. The van der Waals surface area contributed by atoms with Crippen molar-refractivity contribution >= 4 is 38.4 Å². The smallest absolute Gasteiger partial charge is 0.244 e. The van der Waals surface area contributed by atoms with E-state index in [4.69, 9.17) is 9.15 Å². The molecule has 0 saturated carbocycles. The van der Waals surface area contributed by atoms with Crippen molar-refractivity contribution in [2.45, 2.75) is 19.9 Å². The number of amides is 1. The van der Waals surface area contributed by atoms with Crippen molar-refractivity contribution in [3.8, 4) is 16.9 Å². The topological polar surface area (TPSA) is 69.3 Å². The number of rotatable bonds is 8. The standard InChI is InChI=1S/C25H24BrN3O3/c1-17(11-25(30)28-7-4-9-29-10-8-27-16-29)20-13-21-22(18-5-3-6-19(26)12-18)15-32-24(21)14-23(20)31-2/h3,5-6,8,10-16H,4,7,9H2,1-2H3,(H,28,30)/b17-11+. The van der Waals surface area contributed by atoms with Crippen LogP contribution in [0.3, 0.4) is 0 Å². The molecule has 0 atom stereocenters. The summed E-state index contributed by atoms with van der Waals surface area (Å²) in [6, 6.07) is 12.0. The van der Waals surface area contributed by atoms with E-state index in [1.807, 2.05) is 54.1 Å². The van der Waals surface area contributed by atoms with E-state index in [0.29, 0.717) is 12.3 Å². The van der Waals surface area contributed by atoms with E-state index in [0.717, 1.165) is 50.7 Å². The van der Waals surface area contributed by atoms with E-state index in [-0.39, 0.29) is 5.91 Å². The van der Waals surface area contributed by atoms with Gasteiger partial charge in [-0.25, -0.2) is 4.98 Å². The highest BCUT2D eigenvalue weighted by Crippen LogP contribution is 2.37. The number of aryl methyl sites for hydroxylation is 1. The number of fused-ring (bicyclic) bond motifs is 1. The maximum atomic E-state index is 12.5. The second-order valence-corrected chi connectivity index (χ2v) is 8.40. The van der Waals surface area contributed by atoms with Crippen molar-refractivity contribution in [3.05, 3.63) is 77.5 Å². The van der Waals surface area contributed by atoms with Crippen molar-refractivity contribution in [1.82, 2.24) is 14.9 Å². The summed E-state index contributed by atoms with van der Waals surface area (Å²) in [6.45, 7) is 3.31. The van der Waals surface area contributed by atoms with Crippen LogP contribution in [0.2, 0.25) is 0 Å². The van der Waals surface area contributed by atoms with Gasteiger partial charge in [0.05, 0.1) is 19.7 Å². The number of nitrogens with zero attached hydrogens (tertiary/aromatic N) is 2. The quantitative estimate of drug-likeness (QED) is 0.253. The molecule has 0 radical (unpaired) electrons. The van der Waals surface area contributed by atoms with Crippen LogP contribution in [0.1, 0.15) is 18.9 Å². The van der Waals surface area contributed by atoms with Crippen molar-refractivity contribution in [2.75, 3.05) is 13.7 Å². The van der Waals surface area contributed by atoms with Gasteiger partial charge in [-0.05, 0) is 42.7 Å². The van der Waals surface area contributed by atoms with E-state index in [9.17, 15) is 4.79 Å². The lowest BCUT2D eigenvalue weighted by Crippen LogP contribution is -2.23. The predicted molar refractivity (Wildman–Crippen MR) is 129 cm³/mol. The van der Waals surface area contributed by atoms with Gasteiger partial charge in [0.15, 0.2) is 0 Å². The van der Waals surface area contributed by atoms with E-state index < -0.39 is 0 Å². The van der Waals surface area contributed by atoms with Gasteiger partial charge in [-0.1, -0.05) is 28.1 Å². The molecule has 1 N–H and O–H groups in total. The van der Waals surface area contributed by atoms with Crippen LogP contribution in [0.25, 0.3) is 27.7 Å². The summed E-state index contributed by atoms with van der Waals surface area (Å²) in [6.07, 6.45) is 9.62. The first-order valence-electron chi connectivity index (χ1n) is 10.3. The molecule has 0 fully saturated rings. The van der Waals surface area contributed by atoms with Gasteiger partial charge in [0, 0.05) is 58.6 Å². The maximum absolute atomic E-state index is 12.5. The lowest BCUT2D eigenvalue weighted by molar-refractivity contribution is -0.116. The third kappa shape index (κ3) is 4.94. The number of nitrogens with one attached hydrogen (secondary N) is 1. The normalized spacial score (nSPS) is 11.7. The Morgan fingerprint density at radius 3 is 2.94 bits per heavy atom. The van der Waals surface area contributed by atoms with E-state index in [1.54, 1.807) is 32.0 Å². The highest BCUT2D eigenvalue weighted by Gasteiger charge is 2.15. The van der Waals surface area contributed by atoms with E-state index >= 15 is 0 Å². The Hall–Kier alpha value is -3.32. The average Bonchev–Trinajstić information content (AvgIpc) is 3.45.